The molecule has 164 valence electrons. The molecule has 8 heteroatoms. The fourth-order valence-corrected chi connectivity index (χ4v) is 2.61. The number of nitrogens with zero attached hydrogens (tertiary/aromatic N) is 2. The molecule has 0 atom stereocenters. The number of hydrogen-bond donors (Lipinski definition) is 2. The van der Waals surface area contributed by atoms with Crippen LogP contribution in [0, 0.1) is 0 Å². The number of unbranched alkanes of at least 4 members (excludes halogenated alkanes) is 1. The monoisotopic (exact) mass is 510 g/mol. The molecule has 0 saturated heterocycles. The van der Waals surface area contributed by atoms with Crippen LogP contribution >= 0.6 is 24.0 Å². The van der Waals surface area contributed by atoms with Gasteiger partial charge in [-0.3, -0.25) is 0 Å². The van der Waals surface area contributed by atoms with Crippen molar-refractivity contribution in [1.82, 2.24) is 15.8 Å². The first-order valence-electron chi connectivity index (χ1n) is 10.4. The number of rotatable bonds is 15. The van der Waals surface area contributed by atoms with Crippen molar-refractivity contribution >= 4 is 29.9 Å². The summed E-state index contributed by atoms with van der Waals surface area (Å²) in [5.41, 5.74) is 1.03. The van der Waals surface area contributed by atoms with Crippen molar-refractivity contribution in [2.24, 2.45) is 4.99 Å². The Kier molecular flexibility index (Phi) is 17.6. The Morgan fingerprint density at radius 1 is 1.07 bits per heavy atom. The van der Waals surface area contributed by atoms with Crippen molar-refractivity contribution in [2.75, 3.05) is 39.5 Å². The SMILES string of the molecule is CCCCOCCOCCNC(=NCc1cc(C(CC)CC)no1)NCC.I. The Labute approximate surface area is 187 Å². The van der Waals surface area contributed by atoms with Crippen molar-refractivity contribution in [3.8, 4) is 0 Å². The van der Waals surface area contributed by atoms with Crippen LogP contribution in [0.25, 0.3) is 0 Å². The molecular weight excluding hydrogens is 471 g/mol. The van der Waals surface area contributed by atoms with Gasteiger partial charge in [0.15, 0.2) is 11.7 Å². The lowest BCUT2D eigenvalue weighted by molar-refractivity contribution is 0.0487. The zero-order valence-corrected chi connectivity index (χ0v) is 20.3. The van der Waals surface area contributed by atoms with E-state index in [0.29, 0.717) is 38.8 Å². The molecule has 1 rings (SSSR count). The van der Waals surface area contributed by atoms with E-state index >= 15 is 0 Å². The van der Waals surface area contributed by atoms with Gasteiger partial charge in [0.2, 0.25) is 0 Å². The van der Waals surface area contributed by atoms with Crippen LogP contribution in [0.5, 0.6) is 0 Å². The first-order valence-corrected chi connectivity index (χ1v) is 10.4. The summed E-state index contributed by atoms with van der Waals surface area (Å²) in [6, 6.07) is 2.02. The lowest BCUT2D eigenvalue weighted by Crippen LogP contribution is -2.39. The van der Waals surface area contributed by atoms with Crippen LogP contribution in [0.1, 0.15) is 70.8 Å². The molecule has 28 heavy (non-hydrogen) atoms. The van der Waals surface area contributed by atoms with E-state index < -0.39 is 0 Å². The Bertz CT molecular complexity index is 507. The summed E-state index contributed by atoms with van der Waals surface area (Å²) in [6.45, 7) is 13.2. The smallest absolute Gasteiger partial charge is 0.191 e. The molecule has 0 aliphatic heterocycles. The van der Waals surface area contributed by atoms with Gasteiger partial charge in [0.25, 0.3) is 0 Å². The minimum Gasteiger partial charge on any atom is -0.379 e. The number of halogens is 1. The third kappa shape index (κ3) is 11.9. The molecule has 0 saturated carbocycles. The van der Waals surface area contributed by atoms with Crippen LogP contribution in [-0.4, -0.2) is 50.6 Å². The second-order valence-corrected chi connectivity index (χ2v) is 6.43. The van der Waals surface area contributed by atoms with Crippen molar-refractivity contribution in [3.63, 3.8) is 0 Å². The van der Waals surface area contributed by atoms with E-state index in [1.807, 2.05) is 13.0 Å². The van der Waals surface area contributed by atoms with Gasteiger partial charge in [-0.2, -0.15) is 0 Å². The maximum absolute atomic E-state index is 5.56. The minimum absolute atomic E-state index is 0. The predicted octanol–water partition coefficient (Wildman–Crippen LogP) is 4.08. The normalized spacial score (nSPS) is 11.5. The van der Waals surface area contributed by atoms with E-state index in [1.54, 1.807) is 0 Å². The van der Waals surface area contributed by atoms with Gasteiger partial charge in [-0.05, 0) is 26.2 Å². The van der Waals surface area contributed by atoms with Crippen molar-refractivity contribution in [1.29, 1.82) is 0 Å². The molecule has 2 N–H and O–H groups in total. The van der Waals surface area contributed by atoms with E-state index in [1.165, 1.54) is 0 Å². The number of guanidine groups is 1. The van der Waals surface area contributed by atoms with E-state index in [2.05, 4.69) is 41.6 Å². The number of ether oxygens (including phenoxy) is 2. The lowest BCUT2D eigenvalue weighted by atomic mass is 9.99. The van der Waals surface area contributed by atoms with Gasteiger partial charge in [-0.15, -0.1) is 24.0 Å². The molecule has 0 aliphatic carbocycles. The van der Waals surface area contributed by atoms with E-state index in [9.17, 15) is 0 Å². The molecule has 1 aromatic rings. The zero-order valence-electron chi connectivity index (χ0n) is 18.0. The molecule has 0 fully saturated rings. The van der Waals surface area contributed by atoms with Gasteiger partial charge < -0.3 is 24.6 Å². The van der Waals surface area contributed by atoms with Crippen LogP contribution in [0.3, 0.4) is 0 Å². The molecule has 0 radical (unpaired) electrons. The molecule has 0 amide bonds. The Morgan fingerprint density at radius 3 is 2.43 bits per heavy atom. The molecule has 1 aromatic heterocycles. The van der Waals surface area contributed by atoms with Gasteiger partial charge in [0.05, 0.1) is 25.5 Å². The molecule has 7 nitrogen and oxygen atoms in total. The highest BCUT2D eigenvalue weighted by atomic mass is 127. The lowest BCUT2D eigenvalue weighted by Gasteiger charge is -2.11. The van der Waals surface area contributed by atoms with Crippen LogP contribution < -0.4 is 10.6 Å². The molecule has 0 aliphatic rings. The third-order valence-corrected chi connectivity index (χ3v) is 4.27. The van der Waals surface area contributed by atoms with Gasteiger partial charge in [0, 0.05) is 31.7 Å². The van der Waals surface area contributed by atoms with Gasteiger partial charge in [-0.25, -0.2) is 4.99 Å². The summed E-state index contributed by atoms with van der Waals surface area (Å²) in [5, 5.41) is 10.7. The van der Waals surface area contributed by atoms with Crippen molar-refractivity contribution in [3.05, 3.63) is 17.5 Å². The molecule has 0 aromatic carbocycles. The molecule has 0 unspecified atom stereocenters. The van der Waals surface area contributed by atoms with Crippen molar-refractivity contribution < 1.29 is 14.0 Å². The average molecular weight is 510 g/mol. The first-order chi connectivity index (χ1) is 13.2. The highest BCUT2D eigenvalue weighted by Gasteiger charge is 2.12. The fourth-order valence-electron chi connectivity index (χ4n) is 2.61. The summed E-state index contributed by atoms with van der Waals surface area (Å²) in [4.78, 5) is 4.56. The highest BCUT2D eigenvalue weighted by Crippen LogP contribution is 2.22. The average Bonchev–Trinajstić information content (AvgIpc) is 3.14. The molecule has 0 spiro atoms. The minimum atomic E-state index is 0. The van der Waals surface area contributed by atoms with Crippen LogP contribution in [0.4, 0.5) is 0 Å². The van der Waals surface area contributed by atoms with Crippen LogP contribution in [0.2, 0.25) is 0 Å². The van der Waals surface area contributed by atoms with Gasteiger partial charge in [0.1, 0.15) is 6.54 Å². The second kappa shape index (κ2) is 18.2. The Morgan fingerprint density at radius 2 is 1.79 bits per heavy atom. The molecule has 0 bridgehead atoms. The standard InChI is InChI=1S/C20H38N4O3.HI/c1-5-9-11-25-13-14-26-12-10-22-20(21-8-4)23-16-18-15-19(24-27-18)17(6-2)7-3;/h15,17H,5-14,16H2,1-4H3,(H2,21,22,23);1H. The van der Waals surface area contributed by atoms with Gasteiger partial charge >= 0.3 is 0 Å². The molecule has 1 heterocycles. The zero-order chi connectivity index (χ0) is 19.7. The molecular formula is C20H39IN4O3. The van der Waals surface area contributed by atoms with Gasteiger partial charge in [-0.1, -0.05) is 32.3 Å². The predicted molar refractivity (Wildman–Crippen MR) is 125 cm³/mol. The van der Waals surface area contributed by atoms with E-state index in [4.69, 9.17) is 14.0 Å². The van der Waals surface area contributed by atoms with Crippen molar-refractivity contribution in [2.45, 2.75) is 65.8 Å². The van der Waals surface area contributed by atoms with Crippen LogP contribution in [0.15, 0.2) is 15.6 Å². The highest BCUT2D eigenvalue weighted by molar-refractivity contribution is 14.0. The second-order valence-electron chi connectivity index (χ2n) is 6.43. The summed E-state index contributed by atoms with van der Waals surface area (Å²) >= 11 is 0. The Balaban J connectivity index is 0.00000729. The topological polar surface area (TPSA) is 80.9 Å². The summed E-state index contributed by atoms with van der Waals surface area (Å²) in [6.07, 6.45) is 4.40. The third-order valence-electron chi connectivity index (χ3n) is 4.27. The van der Waals surface area contributed by atoms with Crippen LogP contribution in [-0.2, 0) is 16.0 Å². The van der Waals surface area contributed by atoms with E-state index in [-0.39, 0.29) is 24.0 Å². The number of aliphatic imine (C=N–C) groups is 1. The Hall–Kier alpha value is -0.870. The largest absolute Gasteiger partial charge is 0.379 e. The maximum Gasteiger partial charge on any atom is 0.191 e. The summed E-state index contributed by atoms with van der Waals surface area (Å²) < 4.78 is 16.5. The maximum atomic E-state index is 5.56. The summed E-state index contributed by atoms with van der Waals surface area (Å²) in [7, 11) is 0. The summed E-state index contributed by atoms with van der Waals surface area (Å²) in [5.74, 6) is 2.00. The van der Waals surface area contributed by atoms with E-state index in [0.717, 1.165) is 56.2 Å². The number of nitrogens with one attached hydrogen (secondary N) is 2. The first kappa shape index (κ1) is 27.1. The fraction of sp³-hybridized carbons (Fsp3) is 0.800. The number of hydrogen-bond acceptors (Lipinski definition) is 5. The quantitative estimate of drug-likeness (QED) is 0.160. The number of aromatic nitrogens is 1.